The highest BCUT2D eigenvalue weighted by Crippen LogP contribution is 2.32. The van der Waals surface area contributed by atoms with E-state index in [9.17, 15) is 0 Å². The van der Waals surface area contributed by atoms with Crippen molar-refractivity contribution in [3.63, 3.8) is 0 Å². The van der Waals surface area contributed by atoms with E-state index in [1.54, 1.807) is 7.11 Å². The van der Waals surface area contributed by atoms with E-state index in [1.807, 2.05) is 0 Å². The van der Waals surface area contributed by atoms with Crippen LogP contribution in [0.2, 0.25) is 0 Å². The zero-order chi connectivity index (χ0) is 12.1. The van der Waals surface area contributed by atoms with Crippen molar-refractivity contribution in [1.29, 1.82) is 0 Å². The first-order chi connectivity index (χ1) is 8.33. The first kappa shape index (κ1) is 13.3. The van der Waals surface area contributed by atoms with Crippen LogP contribution in [0.5, 0.6) is 0 Å². The van der Waals surface area contributed by atoms with Gasteiger partial charge in [0.05, 0.1) is 6.61 Å². The fraction of sp³-hybridized carbons (Fsp3) is 1.00. The molecular formula is C14H28N2O. The van der Waals surface area contributed by atoms with E-state index in [4.69, 9.17) is 10.5 Å². The molecule has 17 heavy (non-hydrogen) atoms. The van der Waals surface area contributed by atoms with E-state index in [1.165, 1.54) is 51.4 Å². The third kappa shape index (κ3) is 3.94. The summed E-state index contributed by atoms with van der Waals surface area (Å²) in [6.07, 6.45) is 10.7. The van der Waals surface area contributed by atoms with Crippen molar-refractivity contribution >= 4 is 0 Å². The van der Waals surface area contributed by atoms with E-state index in [0.717, 1.165) is 19.2 Å². The van der Waals surface area contributed by atoms with Gasteiger partial charge in [0.1, 0.15) is 0 Å². The van der Waals surface area contributed by atoms with Gasteiger partial charge < -0.3 is 10.5 Å². The SMILES string of the molecule is COCCN(C1CC1)C1CCCCCCC1N. The maximum absolute atomic E-state index is 6.40. The van der Waals surface area contributed by atoms with Gasteiger partial charge in [0.25, 0.3) is 0 Å². The molecule has 3 nitrogen and oxygen atoms in total. The number of nitrogens with zero attached hydrogens (tertiary/aromatic N) is 1. The summed E-state index contributed by atoms with van der Waals surface area (Å²) in [6.45, 7) is 1.92. The Hall–Kier alpha value is -0.120. The van der Waals surface area contributed by atoms with Crippen LogP contribution in [0, 0.1) is 0 Å². The second kappa shape index (κ2) is 6.72. The van der Waals surface area contributed by atoms with Gasteiger partial charge in [0.15, 0.2) is 0 Å². The molecule has 2 rings (SSSR count). The molecule has 0 saturated heterocycles. The summed E-state index contributed by atoms with van der Waals surface area (Å²) in [5.74, 6) is 0. The van der Waals surface area contributed by atoms with Crippen LogP contribution in [0.4, 0.5) is 0 Å². The number of methoxy groups -OCH3 is 1. The van der Waals surface area contributed by atoms with Gasteiger partial charge in [-0.3, -0.25) is 4.90 Å². The second-order valence-corrected chi connectivity index (χ2v) is 5.68. The molecule has 2 N–H and O–H groups in total. The minimum atomic E-state index is 0.382. The molecule has 0 spiro atoms. The highest BCUT2D eigenvalue weighted by atomic mass is 16.5. The Balaban J connectivity index is 1.92. The van der Waals surface area contributed by atoms with Crippen LogP contribution in [0.15, 0.2) is 0 Å². The molecule has 2 unspecified atom stereocenters. The smallest absolute Gasteiger partial charge is 0.0589 e. The molecule has 0 aliphatic heterocycles. The fourth-order valence-electron chi connectivity index (χ4n) is 3.13. The number of rotatable bonds is 5. The molecule has 0 heterocycles. The van der Waals surface area contributed by atoms with Gasteiger partial charge in [0, 0.05) is 31.8 Å². The van der Waals surface area contributed by atoms with Crippen molar-refractivity contribution in [3.8, 4) is 0 Å². The normalized spacial score (nSPS) is 31.2. The standard InChI is InChI=1S/C14H28N2O/c1-17-11-10-16(12-8-9-12)14-7-5-3-2-4-6-13(14)15/h12-14H,2-11,15H2,1H3. The minimum Gasteiger partial charge on any atom is -0.383 e. The van der Waals surface area contributed by atoms with Crippen molar-refractivity contribution in [2.45, 2.75) is 69.5 Å². The lowest BCUT2D eigenvalue weighted by Crippen LogP contribution is -2.50. The Labute approximate surface area is 106 Å². The van der Waals surface area contributed by atoms with E-state index in [0.29, 0.717) is 12.1 Å². The molecule has 3 heteroatoms. The summed E-state index contributed by atoms with van der Waals surface area (Å²) in [5, 5.41) is 0. The van der Waals surface area contributed by atoms with Crippen LogP contribution in [0.25, 0.3) is 0 Å². The summed E-state index contributed by atoms with van der Waals surface area (Å²) >= 11 is 0. The average molecular weight is 240 g/mol. The summed E-state index contributed by atoms with van der Waals surface area (Å²) < 4.78 is 5.25. The Morgan fingerprint density at radius 3 is 2.41 bits per heavy atom. The molecule has 0 radical (unpaired) electrons. The van der Waals surface area contributed by atoms with Crippen LogP contribution >= 0.6 is 0 Å². The van der Waals surface area contributed by atoms with Crippen molar-refractivity contribution < 1.29 is 4.74 Å². The van der Waals surface area contributed by atoms with Gasteiger partial charge in [0.2, 0.25) is 0 Å². The molecule has 2 atom stereocenters. The predicted octanol–water partition coefficient (Wildman–Crippen LogP) is 2.15. The van der Waals surface area contributed by atoms with Gasteiger partial charge in [-0.2, -0.15) is 0 Å². The van der Waals surface area contributed by atoms with Crippen LogP contribution in [-0.4, -0.2) is 43.3 Å². The van der Waals surface area contributed by atoms with Crippen molar-refractivity contribution in [1.82, 2.24) is 4.90 Å². The van der Waals surface area contributed by atoms with E-state index >= 15 is 0 Å². The van der Waals surface area contributed by atoms with Gasteiger partial charge in [-0.05, 0) is 25.7 Å². The second-order valence-electron chi connectivity index (χ2n) is 5.68. The summed E-state index contributed by atoms with van der Waals surface area (Å²) in [4.78, 5) is 2.65. The number of hydrogen-bond acceptors (Lipinski definition) is 3. The molecule has 0 bridgehead atoms. The van der Waals surface area contributed by atoms with Crippen LogP contribution in [-0.2, 0) is 4.74 Å². The van der Waals surface area contributed by atoms with Crippen molar-refractivity contribution in [2.24, 2.45) is 5.73 Å². The molecule has 2 aliphatic carbocycles. The van der Waals surface area contributed by atoms with Crippen LogP contribution in [0.1, 0.15) is 51.4 Å². The Morgan fingerprint density at radius 2 is 1.76 bits per heavy atom. The molecule has 0 aromatic heterocycles. The Kier molecular flexibility index (Phi) is 5.26. The summed E-state index contributed by atoms with van der Waals surface area (Å²) in [6, 6.07) is 1.80. The highest BCUT2D eigenvalue weighted by molar-refractivity contribution is 4.93. The fourth-order valence-corrected chi connectivity index (χ4v) is 3.13. The highest BCUT2D eigenvalue weighted by Gasteiger charge is 2.36. The Morgan fingerprint density at radius 1 is 1.06 bits per heavy atom. The molecule has 0 amide bonds. The maximum atomic E-state index is 6.40. The average Bonchev–Trinajstić information content (AvgIpc) is 3.12. The lowest BCUT2D eigenvalue weighted by Gasteiger charge is -2.37. The van der Waals surface area contributed by atoms with Gasteiger partial charge in [-0.15, -0.1) is 0 Å². The zero-order valence-electron chi connectivity index (χ0n) is 11.2. The molecular weight excluding hydrogens is 212 g/mol. The topological polar surface area (TPSA) is 38.5 Å². The van der Waals surface area contributed by atoms with E-state index < -0.39 is 0 Å². The molecule has 2 fully saturated rings. The molecule has 0 aromatic carbocycles. The first-order valence-corrected chi connectivity index (χ1v) is 7.33. The summed E-state index contributed by atoms with van der Waals surface area (Å²) in [7, 11) is 1.79. The van der Waals surface area contributed by atoms with Gasteiger partial charge in [-0.1, -0.05) is 25.7 Å². The maximum Gasteiger partial charge on any atom is 0.0589 e. The third-order valence-electron chi connectivity index (χ3n) is 4.28. The van der Waals surface area contributed by atoms with Gasteiger partial charge in [-0.25, -0.2) is 0 Å². The lowest BCUT2D eigenvalue weighted by molar-refractivity contribution is 0.0919. The Bertz CT molecular complexity index is 218. The first-order valence-electron chi connectivity index (χ1n) is 7.33. The van der Waals surface area contributed by atoms with E-state index in [2.05, 4.69) is 4.90 Å². The summed E-state index contributed by atoms with van der Waals surface area (Å²) in [5.41, 5.74) is 6.40. The number of hydrogen-bond donors (Lipinski definition) is 1. The zero-order valence-corrected chi connectivity index (χ0v) is 11.2. The largest absolute Gasteiger partial charge is 0.383 e. The monoisotopic (exact) mass is 240 g/mol. The molecule has 2 aliphatic rings. The van der Waals surface area contributed by atoms with Crippen LogP contribution < -0.4 is 5.73 Å². The number of nitrogens with two attached hydrogens (primary N) is 1. The third-order valence-corrected chi connectivity index (χ3v) is 4.28. The van der Waals surface area contributed by atoms with Crippen molar-refractivity contribution in [3.05, 3.63) is 0 Å². The van der Waals surface area contributed by atoms with E-state index in [-0.39, 0.29) is 0 Å². The molecule has 2 saturated carbocycles. The van der Waals surface area contributed by atoms with Crippen molar-refractivity contribution in [2.75, 3.05) is 20.3 Å². The molecule has 0 aromatic rings. The van der Waals surface area contributed by atoms with Gasteiger partial charge >= 0.3 is 0 Å². The predicted molar refractivity (Wildman–Crippen MR) is 71.1 cm³/mol. The number of ether oxygens (including phenoxy) is 1. The van der Waals surface area contributed by atoms with Crippen LogP contribution in [0.3, 0.4) is 0 Å². The minimum absolute atomic E-state index is 0.382. The lowest BCUT2D eigenvalue weighted by atomic mass is 9.91. The molecule has 100 valence electrons. The quantitative estimate of drug-likeness (QED) is 0.800.